The topological polar surface area (TPSA) is 35.2 Å². The van der Waals surface area contributed by atoms with Crippen molar-refractivity contribution in [3.05, 3.63) is 63.9 Å². The van der Waals surface area contributed by atoms with E-state index in [0.717, 1.165) is 17.7 Å². The number of halogens is 2. The largest absolute Gasteiger partial charge is 0.494 e. The highest BCUT2D eigenvalue weighted by Crippen LogP contribution is 2.27. The molecule has 2 rings (SSSR count). The van der Waals surface area contributed by atoms with Crippen LogP contribution in [0, 0.1) is 5.82 Å². The van der Waals surface area contributed by atoms with Crippen molar-refractivity contribution < 1.29 is 9.13 Å². The number of rotatable bonds is 5. The molecule has 0 saturated carbocycles. The summed E-state index contributed by atoms with van der Waals surface area (Å²) in [5, 5.41) is 0. The molecule has 2 aromatic rings. The molecule has 4 heteroatoms. The first-order valence-corrected chi connectivity index (χ1v) is 7.35. The number of ether oxygens (including phenoxy) is 1. The molecule has 0 spiro atoms. The van der Waals surface area contributed by atoms with Gasteiger partial charge in [-0.05, 0) is 46.1 Å². The van der Waals surface area contributed by atoms with Gasteiger partial charge in [0, 0.05) is 5.56 Å². The van der Waals surface area contributed by atoms with Crippen molar-refractivity contribution in [3.8, 4) is 5.75 Å². The Bertz CT molecular complexity index is 571. The predicted molar refractivity (Wildman–Crippen MR) is 82.4 cm³/mol. The van der Waals surface area contributed by atoms with Gasteiger partial charge in [0.1, 0.15) is 11.6 Å². The maximum atomic E-state index is 14.0. The van der Waals surface area contributed by atoms with Crippen molar-refractivity contribution in [2.24, 2.45) is 5.73 Å². The van der Waals surface area contributed by atoms with E-state index in [1.54, 1.807) is 18.2 Å². The summed E-state index contributed by atoms with van der Waals surface area (Å²) < 4.78 is 20.0. The second-order valence-electron chi connectivity index (χ2n) is 4.54. The Kier molecular flexibility index (Phi) is 5.15. The smallest absolute Gasteiger partial charge is 0.142 e. The van der Waals surface area contributed by atoms with Crippen LogP contribution in [0.1, 0.15) is 30.5 Å². The summed E-state index contributed by atoms with van der Waals surface area (Å²) in [4.78, 5) is 0. The third kappa shape index (κ3) is 3.38. The highest BCUT2D eigenvalue weighted by atomic mass is 79.9. The van der Waals surface area contributed by atoms with Crippen LogP contribution in [0.25, 0.3) is 0 Å². The predicted octanol–water partition coefficient (Wildman–Crippen LogP) is 4.43. The molecule has 0 saturated heterocycles. The summed E-state index contributed by atoms with van der Waals surface area (Å²) in [6, 6.07) is 12.1. The summed E-state index contributed by atoms with van der Waals surface area (Å²) in [5.41, 5.74) is 7.46. The maximum Gasteiger partial charge on any atom is 0.142 e. The highest BCUT2D eigenvalue weighted by molar-refractivity contribution is 9.10. The molecule has 0 fully saturated rings. The molecule has 0 aliphatic rings. The zero-order valence-electron chi connectivity index (χ0n) is 11.3. The second-order valence-corrected chi connectivity index (χ2v) is 5.39. The van der Waals surface area contributed by atoms with E-state index in [1.807, 2.05) is 24.3 Å². The molecule has 1 unspecified atom stereocenters. The van der Waals surface area contributed by atoms with E-state index in [0.29, 0.717) is 16.6 Å². The zero-order valence-corrected chi connectivity index (χ0v) is 12.9. The Morgan fingerprint density at radius 2 is 1.90 bits per heavy atom. The Balaban J connectivity index is 2.20. The molecule has 0 heterocycles. The molecule has 0 aliphatic carbocycles. The minimum absolute atomic E-state index is 0.314. The van der Waals surface area contributed by atoms with Crippen molar-refractivity contribution in [1.82, 2.24) is 0 Å². The van der Waals surface area contributed by atoms with E-state index in [-0.39, 0.29) is 5.82 Å². The van der Waals surface area contributed by atoms with Gasteiger partial charge in [-0.3, -0.25) is 0 Å². The molecule has 2 nitrogen and oxygen atoms in total. The van der Waals surface area contributed by atoms with E-state index in [4.69, 9.17) is 10.5 Å². The summed E-state index contributed by atoms with van der Waals surface area (Å²) in [6.45, 7) is 2.74. The molecule has 106 valence electrons. The first-order chi connectivity index (χ1) is 9.63. The summed E-state index contributed by atoms with van der Waals surface area (Å²) >= 11 is 3.18. The molecule has 20 heavy (non-hydrogen) atoms. The van der Waals surface area contributed by atoms with Gasteiger partial charge in [-0.25, -0.2) is 4.39 Å². The molecule has 0 aliphatic heterocycles. The minimum Gasteiger partial charge on any atom is -0.494 e. The summed E-state index contributed by atoms with van der Waals surface area (Å²) in [5.74, 6) is 0.490. The van der Waals surface area contributed by atoms with Crippen molar-refractivity contribution in [2.45, 2.75) is 19.4 Å². The third-order valence-electron chi connectivity index (χ3n) is 3.03. The fourth-order valence-electron chi connectivity index (χ4n) is 1.93. The molecule has 0 radical (unpaired) electrons. The molecular weight excluding hydrogens is 321 g/mol. The van der Waals surface area contributed by atoms with Crippen LogP contribution in [0.5, 0.6) is 5.75 Å². The van der Waals surface area contributed by atoms with Crippen molar-refractivity contribution in [2.75, 3.05) is 6.61 Å². The first kappa shape index (κ1) is 15.0. The monoisotopic (exact) mass is 337 g/mol. The van der Waals surface area contributed by atoms with Crippen LogP contribution in [0.15, 0.2) is 46.9 Å². The zero-order chi connectivity index (χ0) is 14.5. The molecule has 2 N–H and O–H groups in total. The average Bonchev–Trinajstić information content (AvgIpc) is 2.48. The highest BCUT2D eigenvalue weighted by Gasteiger charge is 2.15. The molecule has 1 atom stereocenters. The number of hydrogen-bond acceptors (Lipinski definition) is 2. The van der Waals surface area contributed by atoms with Crippen LogP contribution in [0.4, 0.5) is 4.39 Å². The fourth-order valence-corrected chi connectivity index (χ4v) is 2.31. The number of nitrogens with two attached hydrogens (primary N) is 1. The van der Waals surface area contributed by atoms with Crippen LogP contribution >= 0.6 is 15.9 Å². The van der Waals surface area contributed by atoms with Gasteiger partial charge in [0.25, 0.3) is 0 Å². The number of hydrogen-bond donors (Lipinski definition) is 1. The average molecular weight is 338 g/mol. The van der Waals surface area contributed by atoms with Gasteiger partial charge in [0.15, 0.2) is 0 Å². The van der Waals surface area contributed by atoms with Gasteiger partial charge >= 0.3 is 0 Å². The minimum atomic E-state index is -0.493. The van der Waals surface area contributed by atoms with Gasteiger partial charge in [-0.15, -0.1) is 0 Å². The molecule has 0 aromatic heterocycles. The van der Waals surface area contributed by atoms with E-state index in [9.17, 15) is 4.39 Å². The van der Waals surface area contributed by atoms with E-state index in [2.05, 4.69) is 22.9 Å². The summed E-state index contributed by atoms with van der Waals surface area (Å²) in [7, 11) is 0. The first-order valence-electron chi connectivity index (χ1n) is 6.55. The molecule has 0 amide bonds. The molecule has 0 bridgehead atoms. The van der Waals surface area contributed by atoms with Crippen molar-refractivity contribution in [3.63, 3.8) is 0 Å². The van der Waals surface area contributed by atoms with Crippen LogP contribution in [-0.4, -0.2) is 6.61 Å². The second kappa shape index (κ2) is 6.86. The van der Waals surface area contributed by atoms with Gasteiger partial charge < -0.3 is 10.5 Å². The Hall–Kier alpha value is -1.39. The van der Waals surface area contributed by atoms with E-state index >= 15 is 0 Å². The Morgan fingerprint density at radius 1 is 1.20 bits per heavy atom. The lowest BCUT2D eigenvalue weighted by atomic mass is 9.99. The molecule has 2 aromatic carbocycles. The van der Waals surface area contributed by atoms with Crippen LogP contribution < -0.4 is 10.5 Å². The van der Waals surface area contributed by atoms with Crippen LogP contribution in [0.3, 0.4) is 0 Å². The Morgan fingerprint density at radius 3 is 2.55 bits per heavy atom. The number of benzene rings is 2. The standard InChI is InChI=1S/C16H17BrFNO/c1-2-10-20-12-8-6-11(7-9-12)16(19)13-4-3-5-14(17)15(13)18/h3-9,16H,2,10,19H2,1H3. The van der Waals surface area contributed by atoms with Gasteiger partial charge in [-0.2, -0.15) is 0 Å². The fraction of sp³-hybridized carbons (Fsp3) is 0.250. The normalized spacial score (nSPS) is 12.2. The summed E-state index contributed by atoms with van der Waals surface area (Å²) in [6.07, 6.45) is 0.963. The molecular formula is C16H17BrFNO. The van der Waals surface area contributed by atoms with Crippen LogP contribution in [-0.2, 0) is 0 Å². The van der Waals surface area contributed by atoms with Crippen molar-refractivity contribution in [1.29, 1.82) is 0 Å². The van der Waals surface area contributed by atoms with Crippen molar-refractivity contribution >= 4 is 15.9 Å². The maximum absolute atomic E-state index is 14.0. The van der Waals surface area contributed by atoms with Crippen LogP contribution in [0.2, 0.25) is 0 Å². The Labute approximate surface area is 126 Å². The van der Waals surface area contributed by atoms with E-state index in [1.165, 1.54) is 0 Å². The lowest BCUT2D eigenvalue weighted by Crippen LogP contribution is -2.13. The lowest BCUT2D eigenvalue weighted by Gasteiger charge is -2.15. The van der Waals surface area contributed by atoms with E-state index < -0.39 is 6.04 Å². The van der Waals surface area contributed by atoms with Gasteiger partial charge in [0.05, 0.1) is 17.1 Å². The quantitative estimate of drug-likeness (QED) is 0.876. The lowest BCUT2D eigenvalue weighted by molar-refractivity contribution is 0.317. The SMILES string of the molecule is CCCOc1ccc(C(N)c2cccc(Br)c2F)cc1. The van der Waals surface area contributed by atoms with Gasteiger partial charge in [0.2, 0.25) is 0 Å². The van der Waals surface area contributed by atoms with Gasteiger partial charge in [-0.1, -0.05) is 31.2 Å². The third-order valence-corrected chi connectivity index (χ3v) is 3.64.